The maximum atomic E-state index is 12.9. The van der Waals surface area contributed by atoms with Crippen molar-refractivity contribution in [1.29, 1.82) is 0 Å². The van der Waals surface area contributed by atoms with E-state index in [-0.39, 0.29) is 5.91 Å². The summed E-state index contributed by atoms with van der Waals surface area (Å²) in [7, 11) is 1.68. The number of rotatable bonds is 5. The van der Waals surface area contributed by atoms with Crippen LogP contribution in [0.25, 0.3) is 12.2 Å². The van der Waals surface area contributed by atoms with Gasteiger partial charge in [-0.15, -0.1) is 0 Å². The number of aromatic nitrogens is 1. The molecular weight excluding hydrogens is 372 g/mol. The summed E-state index contributed by atoms with van der Waals surface area (Å²) in [4.78, 5) is 18.9. The highest BCUT2D eigenvalue weighted by molar-refractivity contribution is 5.94. The second-order valence-corrected chi connectivity index (χ2v) is 7.58. The lowest BCUT2D eigenvalue weighted by Crippen LogP contribution is -2.37. The van der Waals surface area contributed by atoms with Gasteiger partial charge < -0.3 is 9.64 Å². The molecule has 1 saturated heterocycles. The molecule has 4 heteroatoms. The van der Waals surface area contributed by atoms with Crippen LogP contribution in [-0.4, -0.2) is 36.0 Å². The van der Waals surface area contributed by atoms with Crippen LogP contribution in [0, 0.1) is 0 Å². The number of methoxy groups -OCH3 is 1. The third-order valence-corrected chi connectivity index (χ3v) is 5.70. The molecule has 1 fully saturated rings. The zero-order valence-corrected chi connectivity index (χ0v) is 17.2. The number of pyridine rings is 1. The van der Waals surface area contributed by atoms with Gasteiger partial charge in [-0.3, -0.25) is 9.78 Å². The monoisotopic (exact) mass is 398 g/mol. The standard InChI is InChI=1S/C26H26N2O2/c1-30-25-10-8-22(9-11-25)23-14-18-28(19-15-23)26(29)24-6-4-20(5-7-24)2-3-21-12-16-27-17-13-21/h2-13,16-17,23H,14-15,18-19H2,1H3/b3-2+. The fraction of sp³-hybridized carbons (Fsp3) is 0.231. The summed E-state index contributed by atoms with van der Waals surface area (Å²) < 4.78 is 5.24. The number of piperidine rings is 1. The Hall–Kier alpha value is -3.40. The van der Waals surface area contributed by atoms with Gasteiger partial charge in [-0.25, -0.2) is 0 Å². The summed E-state index contributed by atoms with van der Waals surface area (Å²) >= 11 is 0. The summed E-state index contributed by atoms with van der Waals surface area (Å²) in [6.07, 6.45) is 9.63. The number of hydrogen-bond donors (Lipinski definition) is 0. The molecule has 0 radical (unpaired) electrons. The highest BCUT2D eigenvalue weighted by Crippen LogP contribution is 2.29. The van der Waals surface area contributed by atoms with Crippen LogP contribution in [0.15, 0.2) is 73.1 Å². The molecule has 1 aromatic heterocycles. The second-order valence-electron chi connectivity index (χ2n) is 7.58. The Morgan fingerprint density at radius 2 is 1.50 bits per heavy atom. The maximum absolute atomic E-state index is 12.9. The SMILES string of the molecule is COc1ccc(C2CCN(C(=O)c3ccc(/C=C/c4ccncc4)cc3)CC2)cc1. The van der Waals surface area contributed by atoms with Gasteiger partial charge in [-0.1, -0.05) is 36.4 Å². The van der Waals surface area contributed by atoms with E-state index < -0.39 is 0 Å². The average Bonchev–Trinajstić information content (AvgIpc) is 2.83. The molecule has 30 heavy (non-hydrogen) atoms. The molecule has 0 saturated carbocycles. The number of hydrogen-bond acceptors (Lipinski definition) is 3. The predicted molar refractivity (Wildman–Crippen MR) is 120 cm³/mol. The van der Waals surface area contributed by atoms with E-state index in [1.54, 1.807) is 19.5 Å². The van der Waals surface area contributed by atoms with Gasteiger partial charge in [0.2, 0.25) is 0 Å². The number of carbonyl (C=O) groups is 1. The quantitative estimate of drug-likeness (QED) is 0.587. The van der Waals surface area contributed by atoms with Gasteiger partial charge in [0.15, 0.2) is 0 Å². The minimum atomic E-state index is 0.118. The van der Waals surface area contributed by atoms with Crippen LogP contribution in [-0.2, 0) is 0 Å². The van der Waals surface area contributed by atoms with Crippen molar-refractivity contribution in [2.75, 3.05) is 20.2 Å². The Kier molecular flexibility index (Phi) is 6.23. The molecule has 0 atom stereocenters. The van der Waals surface area contributed by atoms with Crippen molar-refractivity contribution >= 4 is 18.1 Å². The van der Waals surface area contributed by atoms with Crippen LogP contribution in [0.2, 0.25) is 0 Å². The number of nitrogens with zero attached hydrogens (tertiary/aromatic N) is 2. The molecule has 1 aliphatic rings. The van der Waals surface area contributed by atoms with Gasteiger partial charge in [0.25, 0.3) is 5.91 Å². The molecule has 0 unspecified atom stereocenters. The third-order valence-electron chi connectivity index (χ3n) is 5.70. The molecule has 1 aliphatic heterocycles. The van der Waals surface area contributed by atoms with Crippen LogP contribution in [0.3, 0.4) is 0 Å². The van der Waals surface area contributed by atoms with Crippen LogP contribution in [0.1, 0.15) is 45.8 Å². The third kappa shape index (κ3) is 4.77. The van der Waals surface area contributed by atoms with Crippen LogP contribution >= 0.6 is 0 Å². The molecule has 0 aliphatic carbocycles. The summed E-state index contributed by atoms with van der Waals surface area (Å²) in [6.45, 7) is 1.58. The molecule has 3 aromatic rings. The Labute approximate surface area is 177 Å². The van der Waals surface area contributed by atoms with Crippen molar-refractivity contribution < 1.29 is 9.53 Å². The van der Waals surface area contributed by atoms with Gasteiger partial charge in [0, 0.05) is 31.0 Å². The van der Waals surface area contributed by atoms with Crippen LogP contribution < -0.4 is 4.74 Å². The van der Waals surface area contributed by atoms with Crippen LogP contribution in [0.4, 0.5) is 0 Å². The van der Waals surface area contributed by atoms with E-state index in [2.05, 4.69) is 17.1 Å². The number of benzene rings is 2. The van der Waals surface area contributed by atoms with Crippen molar-refractivity contribution in [3.8, 4) is 5.75 Å². The van der Waals surface area contributed by atoms with Gasteiger partial charge in [-0.05, 0) is 71.8 Å². The lowest BCUT2D eigenvalue weighted by Gasteiger charge is -2.32. The van der Waals surface area contributed by atoms with E-state index in [9.17, 15) is 4.79 Å². The average molecular weight is 399 g/mol. The number of likely N-dealkylation sites (tertiary alicyclic amines) is 1. The molecule has 1 amide bonds. The largest absolute Gasteiger partial charge is 0.497 e. The van der Waals surface area contributed by atoms with E-state index in [0.29, 0.717) is 5.92 Å². The van der Waals surface area contributed by atoms with Crippen molar-refractivity contribution in [3.05, 3.63) is 95.3 Å². The molecule has 0 bridgehead atoms. The number of ether oxygens (including phenoxy) is 1. The number of carbonyl (C=O) groups excluding carboxylic acids is 1. The summed E-state index contributed by atoms with van der Waals surface area (Å²) in [6, 6.07) is 20.1. The minimum Gasteiger partial charge on any atom is -0.497 e. The molecule has 4 nitrogen and oxygen atoms in total. The van der Waals surface area contributed by atoms with Gasteiger partial charge in [0.1, 0.15) is 5.75 Å². The zero-order valence-electron chi connectivity index (χ0n) is 17.2. The number of amides is 1. The summed E-state index contributed by atoms with van der Waals surface area (Å²) in [5.74, 6) is 1.50. The van der Waals surface area contributed by atoms with Crippen molar-refractivity contribution in [2.24, 2.45) is 0 Å². The van der Waals surface area contributed by atoms with E-state index >= 15 is 0 Å². The Bertz CT molecular complexity index is 987. The first-order chi connectivity index (χ1) is 14.7. The molecule has 0 spiro atoms. The summed E-state index contributed by atoms with van der Waals surface area (Å²) in [5.41, 5.74) is 4.25. The Morgan fingerprint density at radius 3 is 2.10 bits per heavy atom. The highest BCUT2D eigenvalue weighted by atomic mass is 16.5. The van der Waals surface area contributed by atoms with Gasteiger partial charge >= 0.3 is 0 Å². The molecule has 2 aromatic carbocycles. The first kappa shape index (κ1) is 19.9. The van der Waals surface area contributed by atoms with Gasteiger partial charge in [0.05, 0.1) is 7.11 Å². The van der Waals surface area contributed by atoms with E-state index in [0.717, 1.165) is 48.4 Å². The van der Waals surface area contributed by atoms with E-state index in [4.69, 9.17) is 4.74 Å². The first-order valence-corrected chi connectivity index (χ1v) is 10.3. The Morgan fingerprint density at radius 1 is 0.900 bits per heavy atom. The molecular formula is C26H26N2O2. The smallest absolute Gasteiger partial charge is 0.253 e. The fourth-order valence-electron chi connectivity index (χ4n) is 3.88. The molecule has 4 rings (SSSR count). The fourth-order valence-corrected chi connectivity index (χ4v) is 3.88. The van der Waals surface area contributed by atoms with Crippen molar-refractivity contribution in [2.45, 2.75) is 18.8 Å². The van der Waals surface area contributed by atoms with E-state index in [1.807, 2.05) is 65.6 Å². The van der Waals surface area contributed by atoms with E-state index in [1.165, 1.54) is 5.56 Å². The zero-order chi connectivity index (χ0) is 20.8. The molecule has 2 heterocycles. The maximum Gasteiger partial charge on any atom is 0.253 e. The lowest BCUT2D eigenvalue weighted by atomic mass is 9.89. The summed E-state index contributed by atoms with van der Waals surface area (Å²) in [5, 5.41) is 0. The van der Waals surface area contributed by atoms with Crippen LogP contribution in [0.5, 0.6) is 5.75 Å². The minimum absolute atomic E-state index is 0.118. The predicted octanol–water partition coefficient (Wildman–Crippen LogP) is 5.28. The Balaban J connectivity index is 1.34. The lowest BCUT2D eigenvalue weighted by molar-refractivity contribution is 0.0713. The normalized spacial score (nSPS) is 14.8. The van der Waals surface area contributed by atoms with Gasteiger partial charge in [-0.2, -0.15) is 0 Å². The highest BCUT2D eigenvalue weighted by Gasteiger charge is 2.24. The van der Waals surface area contributed by atoms with Crippen molar-refractivity contribution in [1.82, 2.24) is 9.88 Å². The molecule has 0 N–H and O–H groups in total. The second kappa shape index (κ2) is 9.40. The topological polar surface area (TPSA) is 42.4 Å². The molecule has 152 valence electrons. The first-order valence-electron chi connectivity index (χ1n) is 10.3. The van der Waals surface area contributed by atoms with Crippen molar-refractivity contribution in [3.63, 3.8) is 0 Å².